The first kappa shape index (κ1) is 12.6. The minimum Gasteiger partial charge on any atom is -0.363 e. The van der Waals surface area contributed by atoms with Gasteiger partial charge in [0.1, 0.15) is 6.61 Å². The van der Waals surface area contributed by atoms with Crippen molar-refractivity contribution in [3.05, 3.63) is 29.8 Å². The molecule has 2 fully saturated rings. The molecule has 2 aliphatic heterocycles. The van der Waals surface area contributed by atoms with Gasteiger partial charge in [0, 0.05) is 5.69 Å². The van der Waals surface area contributed by atoms with E-state index in [2.05, 4.69) is 5.32 Å². The van der Waals surface area contributed by atoms with Gasteiger partial charge in [-0.2, -0.15) is 0 Å². The normalized spacial score (nSPS) is 22.8. The number of nitrogens with zero attached hydrogens (tertiary/aromatic N) is 1. The SMILES string of the molecule is Cc1ccccc1N1CC2(CCNCC2)OCC1=O. The Morgan fingerprint density at radius 1 is 1.26 bits per heavy atom. The molecule has 0 aliphatic carbocycles. The van der Waals surface area contributed by atoms with Crippen LogP contribution in [0.2, 0.25) is 0 Å². The molecule has 19 heavy (non-hydrogen) atoms. The maximum Gasteiger partial charge on any atom is 0.253 e. The number of piperidine rings is 1. The number of aryl methyl sites for hydroxylation is 1. The van der Waals surface area contributed by atoms with Gasteiger partial charge in [-0.05, 0) is 44.5 Å². The van der Waals surface area contributed by atoms with E-state index in [1.54, 1.807) is 0 Å². The van der Waals surface area contributed by atoms with Gasteiger partial charge in [0.15, 0.2) is 0 Å². The molecule has 4 nitrogen and oxygen atoms in total. The molecule has 4 heteroatoms. The molecule has 1 aromatic carbocycles. The third-order valence-electron chi connectivity index (χ3n) is 4.17. The van der Waals surface area contributed by atoms with Gasteiger partial charge in [-0.25, -0.2) is 0 Å². The smallest absolute Gasteiger partial charge is 0.253 e. The molecule has 102 valence electrons. The Hall–Kier alpha value is -1.39. The molecule has 2 aliphatic rings. The Balaban J connectivity index is 1.87. The lowest BCUT2D eigenvalue weighted by Gasteiger charge is -2.45. The Kier molecular flexibility index (Phi) is 3.29. The van der Waals surface area contributed by atoms with E-state index in [0.717, 1.165) is 37.2 Å². The number of nitrogens with one attached hydrogen (secondary N) is 1. The van der Waals surface area contributed by atoms with E-state index >= 15 is 0 Å². The number of hydrogen-bond donors (Lipinski definition) is 1. The number of rotatable bonds is 1. The largest absolute Gasteiger partial charge is 0.363 e. The number of benzene rings is 1. The molecule has 0 saturated carbocycles. The third kappa shape index (κ3) is 2.38. The minimum atomic E-state index is -0.151. The Labute approximate surface area is 113 Å². The first-order chi connectivity index (χ1) is 9.20. The van der Waals surface area contributed by atoms with Crippen molar-refractivity contribution in [3.63, 3.8) is 0 Å². The number of amides is 1. The molecular weight excluding hydrogens is 240 g/mol. The second-order valence-electron chi connectivity index (χ2n) is 5.49. The maximum atomic E-state index is 12.2. The monoisotopic (exact) mass is 260 g/mol. The summed E-state index contributed by atoms with van der Waals surface area (Å²) < 4.78 is 5.88. The number of anilines is 1. The van der Waals surface area contributed by atoms with Gasteiger partial charge in [0.25, 0.3) is 5.91 Å². The van der Waals surface area contributed by atoms with Crippen molar-refractivity contribution >= 4 is 11.6 Å². The van der Waals surface area contributed by atoms with Crippen LogP contribution in [0.15, 0.2) is 24.3 Å². The highest BCUT2D eigenvalue weighted by molar-refractivity contribution is 5.95. The number of para-hydroxylation sites is 1. The summed E-state index contributed by atoms with van der Waals surface area (Å²) in [6.45, 7) is 4.87. The molecule has 0 bridgehead atoms. The molecule has 0 atom stereocenters. The fourth-order valence-corrected chi connectivity index (χ4v) is 2.99. The highest BCUT2D eigenvalue weighted by Crippen LogP contribution is 2.31. The first-order valence-electron chi connectivity index (χ1n) is 6.91. The summed E-state index contributed by atoms with van der Waals surface area (Å²) in [5.41, 5.74) is 2.01. The molecular formula is C15H20N2O2. The Bertz CT molecular complexity index is 481. The molecule has 3 rings (SSSR count). The lowest BCUT2D eigenvalue weighted by molar-refractivity contribution is -0.141. The van der Waals surface area contributed by atoms with Crippen LogP contribution in [0.1, 0.15) is 18.4 Å². The van der Waals surface area contributed by atoms with Crippen molar-refractivity contribution in [2.45, 2.75) is 25.4 Å². The van der Waals surface area contributed by atoms with Crippen molar-refractivity contribution in [1.29, 1.82) is 0 Å². The van der Waals surface area contributed by atoms with E-state index in [9.17, 15) is 4.79 Å². The van der Waals surface area contributed by atoms with E-state index < -0.39 is 0 Å². The molecule has 1 spiro atoms. The number of ether oxygens (including phenoxy) is 1. The summed E-state index contributed by atoms with van der Waals surface area (Å²) in [7, 11) is 0. The van der Waals surface area contributed by atoms with Crippen LogP contribution in [0.3, 0.4) is 0 Å². The van der Waals surface area contributed by atoms with Crippen LogP contribution in [0, 0.1) is 6.92 Å². The summed E-state index contributed by atoms with van der Waals surface area (Å²) in [5, 5.41) is 3.35. The van der Waals surface area contributed by atoms with Crippen molar-refractivity contribution in [2.75, 3.05) is 31.1 Å². The van der Waals surface area contributed by atoms with Crippen LogP contribution < -0.4 is 10.2 Å². The van der Waals surface area contributed by atoms with Gasteiger partial charge in [-0.15, -0.1) is 0 Å². The number of carbonyl (C=O) groups is 1. The molecule has 0 unspecified atom stereocenters. The van der Waals surface area contributed by atoms with Crippen LogP contribution in [0.4, 0.5) is 5.69 Å². The van der Waals surface area contributed by atoms with Gasteiger partial charge in [-0.3, -0.25) is 4.79 Å². The van der Waals surface area contributed by atoms with E-state index in [4.69, 9.17) is 4.74 Å². The highest BCUT2D eigenvalue weighted by atomic mass is 16.5. The summed E-state index contributed by atoms with van der Waals surface area (Å²) in [6.07, 6.45) is 1.95. The maximum absolute atomic E-state index is 12.2. The Morgan fingerprint density at radius 3 is 2.74 bits per heavy atom. The Morgan fingerprint density at radius 2 is 2.00 bits per heavy atom. The topological polar surface area (TPSA) is 41.6 Å². The predicted octanol–water partition coefficient (Wildman–Crippen LogP) is 1.48. The predicted molar refractivity (Wildman–Crippen MR) is 74.3 cm³/mol. The summed E-state index contributed by atoms with van der Waals surface area (Å²) in [5.74, 6) is 0.0680. The van der Waals surface area contributed by atoms with Crippen molar-refractivity contribution in [1.82, 2.24) is 5.32 Å². The van der Waals surface area contributed by atoms with E-state index in [0.29, 0.717) is 6.54 Å². The van der Waals surface area contributed by atoms with Crippen LogP contribution in [-0.2, 0) is 9.53 Å². The van der Waals surface area contributed by atoms with Gasteiger partial charge in [0.05, 0.1) is 12.1 Å². The van der Waals surface area contributed by atoms with Crippen molar-refractivity contribution < 1.29 is 9.53 Å². The lowest BCUT2D eigenvalue weighted by Crippen LogP contribution is -2.58. The molecule has 1 N–H and O–H groups in total. The summed E-state index contributed by atoms with van der Waals surface area (Å²) in [4.78, 5) is 14.1. The van der Waals surface area contributed by atoms with Crippen molar-refractivity contribution in [2.24, 2.45) is 0 Å². The molecule has 0 aromatic heterocycles. The fraction of sp³-hybridized carbons (Fsp3) is 0.533. The quantitative estimate of drug-likeness (QED) is 0.831. The van der Waals surface area contributed by atoms with Gasteiger partial charge >= 0.3 is 0 Å². The number of carbonyl (C=O) groups excluding carboxylic acids is 1. The van der Waals surface area contributed by atoms with Crippen LogP contribution in [-0.4, -0.2) is 37.7 Å². The first-order valence-corrected chi connectivity index (χ1v) is 6.91. The molecule has 1 amide bonds. The van der Waals surface area contributed by atoms with Gasteiger partial charge in [-0.1, -0.05) is 18.2 Å². The van der Waals surface area contributed by atoms with Gasteiger partial charge in [0.2, 0.25) is 0 Å². The third-order valence-corrected chi connectivity index (χ3v) is 4.17. The average Bonchev–Trinajstić information content (AvgIpc) is 2.44. The lowest BCUT2D eigenvalue weighted by atomic mass is 9.90. The van der Waals surface area contributed by atoms with Crippen molar-refractivity contribution in [3.8, 4) is 0 Å². The average molecular weight is 260 g/mol. The second-order valence-corrected chi connectivity index (χ2v) is 5.49. The van der Waals surface area contributed by atoms with E-state index in [1.807, 2.05) is 36.1 Å². The standard InChI is InChI=1S/C15H20N2O2/c1-12-4-2-3-5-13(12)17-11-15(19-10-14(17)18)6-8-16-9-7-15/h2-5,16H,6-11H2,1H3. The molecule has 2 saturated heterocycles. The number of hydrogen-bond acceptors (Lipinski definition) is 3. The molecule has 2 heterocycles. The second kappa shape index (κ2) is 4.94. The summed E-state index contributed by atoms with van der Waals surface area (Å²) >= 11 is 0. The van der Waals surface area contributed by atoms with E-state index in [-0.39, 0.29) is 18.1 Å². The van der Waals surface area contributed by atoms with Crippen LogP contribution in [0.25, 0.3) is 0 Å². The zero-order chi connectivity index (χ0) is 13.3. The summed E-state index contributed by atoms with van der Waals surface area (Å²) in [6, 6.07) is 8.06. The molecule has 1 aromatic rings. The molecule has 0 radical (unpaired) electrons. The minimum absolute atomic E-state index is 0.0680. The van der Waals surface area contributed by atoms with Gasteiger partial charge < -0.3 is 15.0 Å². The van der Waals surface area contributed by atoms with E-state index in [1.165, 1.54) is 0 Å². The number of morpholine rings is 1. The highest BCUT2D eigenvalue weighted by Gasteiger charge is 2.41. The zero-order valence-corrected chi connectivity index (χ0v) is 11.3. The fourth-order valence-electron chi connectivity index (χ4n) is 2.99. The van der Waals surface area contributed by atoms with Crippen LogP contribution >= 0.6 is 0 Å². The zero-order valence-electron chi connectivity index (χ0n) is 11.3. The van der Waals surface area contributed by atoms with Crippen LogP contribution in [0.5, 0.6) is 0 Å².